The predicted molar refractivity (Wildman–Crippen MR) is 112 cm³/mol. The molecular formula is C21H21Cl2N3O3. The van der Waals surface area contributed by atoms with Crippen molar-refractivity contribution in [1.82, 2.24) is 15.1 Å². The quantitative estimate of drug-likeness (QED) is 0.458. The van der Waals surface area contributed by atoms with Gasteiger partial charge < -0.3 is 14.1 Å². The van der Waals surface area contributed by atoms with Gasteiger partial charge in [0.2, 0.25) is 17.7 Å². The Labute approximate surface area is 179 Å². The standard InChI is InChI=1S/C21H21Cl2N3O3/c1-14-5-7-15(8-6-14)21-25-24-19(29-21)13-26(2)20(27)4-3-11-28-18-10-9-16(22)12-17(18)23/h5-10,12H,3-4,11,13H2,1-2H3. The first-order valence-corrected chi connectivity index (χ1v) is 9.89. The number of ether oxygens (including phenoxy) is 1. The zero-order valence-electron chi connectivity index (χ0n) is 16.2. The third-order valence-corrected chi connectivity index (χ3v) is 4.78. The molecular weight excluding hydrogens is 413 g/mol. The molecule has 0 atom stereocenters. The van der Waals surface area contributed by atoms with Crippen LogP contribution in [-0.2, 0) is 11.3 Å². The van der Waals surface area contributed by atoms with Gasteiger partial charge in [0.15, 0.2) is 0 Å². The molecule has 6 nitrogen and oxygen atoms in total. The number of hydrogen-bond donors (Lipinski definition) is 0. The highest BCUT2D eigenvalue weighted by molar-refractivity contribution is 6.35. The molecule has 1 aromatic heterocycles. The lowest BCUT2D eigenvalue weighted by Gasteiger charge is -2.15. The molecule has 0 spiro atoms. The number of amides is 1. The molecule has 8 heteroatoms. The first-order valence-electron chi connectivity index (χ1n) is 9.13. The van der Waals surface area contributed by atoms with Gasteiger partial charge in [0.1, 0.15) is 5.75 Å². The molecule has 0 saturated carbocycles. The van der Waals surface area contributed by atoms with Crippen LogP contribution in [0.1, 0.15) is 24.3 Å². The van der Waals surface area contributed by atoms with Crippen LogP contribution in [0.15, 0.2) is 46.9 Å². The van der Waals surface area contributed by atoms with E-state index >= 15 is 0 Å². The molecule has 0 aliphatic rings. The number of halogens is 2. The Hall–Kier alpha value is -2.57. The van der Waals surface area contributed by atoms with Crippen LogP contribution in [0.25, 0.3) is 11.5 Å². The maximum atomic E-state index is 12.3. The number of nitrogens with zero attached hydrogens (tertiary/aromatic N) is 3. The van der Waals surface area contributed by atoms with E-state index in [0.29, 0.717) is 47.0 Å². The highest BCUT2D eigenvalue weighted by Gasteiger charge is 2.14. The fraction of sp³-hybridized carbons (Fsp3) is 0.286. The van der Waals surface area contributed by atoms with Crippen LogP contribution in [0.3, 0.4) is 0 Å². The molecule has 152 valence electrons. The second kappa shape index (κ2) is 9.76. The summed E-state index contributed by atoms with van der Waals surface area (Å²) >= 11 is 11.9. The van der Waals surface area contributed by atoms with E-state index in [1.54, 1.807) is 30.1 Å². The van der Waals surface area contributed by atoms with E-state index in [0.717, 1.165) is 11.1 Å². The zero-order chi connectivity index (χ0) is 20.8. The number of aryl methyl sites for hydroxylation is 1. The average Bonchev–Trinajstić information content (AvgIpc) is 3.15. The Morgan fingerprint density at radius 3 is 2.62 bits per heavy atom. The maximum Gasteiger partial charge on any atom is 0.247 e. The van der Waals surface area contributed by atoms with Crippen molar-refractivity contribution in [3.8, 4) is 17.2 Å². The second-order valence-electron chi connectivity index (χ2n) is 6.64. The number of carbonyl (C=O) groups is 1. The molecule has 0 aliphatic heterocycles. The molecule has 3 aromatic rings. The van der Waals surface area contributed by atoms with Gasteiger partial charge in [0.25, 0.3) is 0 Å². The van der Waals surface area contributed by atoms with Crippen molar-refractivity contribution < 1.29 is 13.9 Å². The highest BCUT2D eigenvalue weighted by atomic mass is 35.5. The third kappa shape index (κ3) is 5.95. The summed E-state index contributed by atoms with van der Waals surface area (Å²) in [5, 5.41) is 9.08. The van der Waals surface area contributed by atoms with Gasteiger partial charge >= 0.3 is 0 Å². The summed E-state index contributed by atoms with van der Waals surface area (Å²) in [4.78, 5) is 13.9. The molecule has 1 amide bonds. The molecule has 0 N–H and O–H groups in total. The minimum absolute atomic E-state index is 0.0362. The fourth-order valence-corrected chi connectivity index (χ4v) is 3.07. The average molecular weight is 434 g/mol. The summed E-state index contributed by atoms with van der Waals surface area (Å²) < 4.78 is 11.3. The Morgan fingerprint density at radius 1 is 1.14 bits per heavy atom. The van der Waals surface area contributed by atoms with Crippen LogP contribution in [-0.4, -0.2) is 34.7 Å². The molecule has 0 aliphatic carbocycles. The summed E-state index contributed by atoms with van der Waals surface area (Å²) in [7, 11) is 1.70. The van der Waals surface area contributed by atoms with Crippen molar-refractivity contribution in [2.24, 2.45) is 0 Å². The van der Waals surface area contributed by atoms with Gasteiger partial charge in [-0.25, -0.2) is 0 Å². The largest absolute Gasteiger partial charge is 0.492 e. The van der Waals surface area contributed by atoms with Crippen LogP contribution < -0.4 is 4.74 Å². The van der Waals surface area contributed by atoms with E-state index in [2.05, 4.69) is 10.2 Å². The summed E-state index contributed by atoms with van der Waals surface area (Å²) in [5.74, 6) is 1.34. The van der Waals surface area contributed by atoms with Gasteiger partial charge in [-0.2, -0.15) is 0 Å². The Morgan fingerprint density at radius 2 is 1.90 bits per heavy atom. The van der Waals surface area contributed by atoms with E-state index in [-0.39, 0.29) is 12.5 Å². The molecule has 3 rings (SSSR count). The Bertz CT molecular complexity index is 974. The topological polar surface area (TPSA) is 68.5 Å². The first kappa shape index (κ1) is 21.1. The SMILES string of the molecule is Cc1ccc(-c2nnc(CN(C)C(=O)CCCOc3ccc(Cl)cc3Cl)o2)cc1. The third-order valence-electron chi connectivity index (χ3n) is 4.25. The maximum absolute atomic E-state index is 12.3. The van der Waals surface area contributed by atoms with Gasteiger partial charge in [-0.05, 0) is 43.7 Å². The lowest BCUT2D eigenvalue weighted by molar-refractivity contribution is -0.130. The minimum Gasteiger partial charge on any atom is -0.492 e. The molecule has 0 saturated heterocycles. The minimum atomic E-state index is -0.0362. The predicted octanol–water partition coefficient (Wildman–Crippen LogP) is 5.17. The molecule has 0 fully saturated rings. The smallest absolute Gasteiger partial charge is 0.247 e. The van der Waals surface area contributed by atoms with Crippen LogP contribution >= 0.6 is 23.2 Å². The lowest BCUT2D eigenvalue weighted by Crippen LogP contribution is -2.26. The van der Waals surface area contributed by atoms with Gasteiger partial charge in [0, 0.05) is 24.1 Å². The highest BCUT2D eigenvalue weighted by Crippen LogP contribution is 2.27. The summed E-state index contributed by atoms with van der Waals surface area (Å²) in [5.41, 5.74) is 2.00. The van der Waals surface area contributed by atoms with Crippen molar-refractivity contribution in [3.63, 3.8) is 0 Å². The Balaban J connectivity index is 1.45. The van der Waals surface area contributed by atoms with Crippen LogP contribution in [0, 0.1) is 6.92 Å². The number of rotatable bonds is 8. The zero-order valence-corrected chi connectivity index (χ0v) is 17.7. The monoisotopic (exact) mass is 433 g/mol. The molecule has 29 heavy (non-hydrogen) atoms. The van der Waals surface area contributed by atoms with Gasteiger partial charge in [0.05, 0.1) is 18.2 Å². The van der Waals surface area contributed by atoms with Gasteiger partial charge in [-0.3, -0.25) is 4.79 Å². The van der Waals surface area contributed by atoms with Crippen LogP contribution in [0.5, 0.6) is 5.75 Å². The first-order chi connectivity index (χ1) is 13.9. The summed E-state index contributed by atoms with van der Waals surface area (Å²) in [6.45, 7) is 2.64. The summed E-state index contributed by atoms with van der Waals surface area (Å²) in [6, 6.07) is 12.8. The molecule has 2 aromatic carbocycles. The van der Waals surface area contributed by atoms with E-state index in [9.17, 15) is 4.79 Å². The molecule has 0 radical (unpaired) electrons. The normalized spacial score (nSPS) is 10.8. The van der Waals surface area contributed by atoms with Gasteiger partial charge in [-0.15, -0.1) is 10.2 Å². The van der Waals surface area contributed by atoms with Gasteiger partial charge in [-0.1, -0.05) is 40.9 Å². The van der Waals surface area contributed by atoms with Crippen molar-refractivity contribution in [3.05, 3.63) is 64.0 Å². The number of carbonyl (C=O) groups excluding carboxylic acids is 1. The van der Waals surface area contributed by atoms with Crippen LogP contribution in [0.4, 0.5) is 0 Å². The fourth-order valence-electron chi connectivity index (χ4n) is 2.61. The van der Waals surface area contributed by atoms with E-state index in [1.165, 1.54) is 0 Å². The second-order valence-corrected chi connectivity index (χ2v) is 7.49. The Kier molecular flexibility index (Phi) is 7.12. The lowest BCUT2D eigenvalue weighted by atomic mass is 10.1. The van der Waals surface area contributed by atoms with E-state index < -0.39 is 0 Å². The number of aromatic nitrogens is 2. The van der Waals surface area contributed by atoms with Crippen molar-refractivity contribution in [2.75, 3.05) is 13.7 Å². The molecule has 1 heterocycles. The van der Waals surface area contributed by atoms with Crippen molar-refractivity contribution in [2.45, 2.75) is 26.3 Å². The van der Waals surface area contributed by atoms with Crippen molar-refractivity contribution in [1.29, 1.82) is 0 Å². The molecule has 0 bridgehead atoms. The van der Waals surface area contributed by atoms with Crippen LogP contribution in [0.2, 0.25) is 10.0 Å². The van der Waals surface area contributed by atoms with E-state index in [1.807, 2.05) is 31.2 Å². The summed E-state index contributed by atoms with van der Waals surface area (Å²) in [6.07, 6.45) is 0.890. The number of hydrogen-bond acceptors (Lipinski definition) is 5. The van der Waals surface area contributed by atoms with Crippen molar-refractivity contribution >= 4 is 29.1 Å². The molecule has 0 unspecified atom stereocenters. The van der Waals surface area contributed by atoms with E-state index in [4.69, 9.17) is 32.4 Å². The number of benzene rings is 2.